The van der Waals surface area contributed by atoms with Crippen LogP contribution in [0.2, 0.25) is 16.6 Å². The van der Waals surface area contributed by atoms with Crippen LogP contribution in [0, 0.1) is 6.92 Å². The van der Waals surface area contributed by atoms with Gasteiger partial charge in [-0.05, 0) is 62.0 Å². The van der Waals surface area contributed by atoms with Gasteiger partial charge < -0.3 is 19.3 Å². The first kappa shape index (κ1) is 33.2. The van der Waals surface area contributed by atoms with Gasteiger partial charge in [0.2, 0.25) is 0 Å². The molecule has 0 radical (unpaired) electrons. The van der Waals surface area contributed by atoms with Gasteiger partial charge in [0, 0.05) is 28.9 Å². The highest BCUT2D eigenvalue weighted by Gasteiger charge is 2.47. The SMILES string of the molecule is Cc1ccc(CN(C(=O)OC(C)(C)C)c2ccc(C(O)c3c[nH]c4ncc(O[Si](C(C)C)(C(C)C)C(C)C)cc34)cn2)cc1. The number of aryl methyl sites for hydroxylation is 1. The largest absolute Gasteiger partial charge is 0.542 e. The lowest BCUT2D eigenvalue weighted by molar-refractivity contribution is 0.0576. The van der Waals surface area contributed by atoms with Crippen LogP contribution in [0.15, 0.2) is 61.1 Å². The highest BCUT2D eigenvalue weighted by molar-refractivity contribution is 6.78. The number of anilines is 1. The van der Waals surface area contributed by atoms with Gasteiger partial charge in [-0.3, -0.25) is 4.90 Å². The van der Waals surface area contributed by atoms with Crippen molar-refractivity contribution in [2.75, 3.05) is 4.90 Å². The minimum atomic E-state index is -2.18. The van der Waals surface area contributed by atoms with Crippen molar-refractivity contribution in [3.8, 4) is 5.75 Å². The number of pyridine rings is 2. The molecule has 1 amide bonds. The fraction of sp³-hybridized carbons (Fsp3) is 0.457. The van der Waals surface area contributed by atoms with E-state index in [4.69, 9.17) is 9.16 Å². The minimum absolute atomic E-state index is 0.301. The summed E-state index contributed by atoms with van der Waals surface area (Å²) in [6, 6.07) is 13.5. The van der Waals surface area contributed by atoms with Crippen molar-refractivity contribution in [3.63, 3.8) is 0 Å². The van der Waals surface area contributed by atoms with Crippen LogP contribution in [0.25, 0.3) is 11.0 Å². The smallest absolute Gasteiger partial charge is 0.416 e. The molecule has 1 atom stereocenters. The predicted molar refractivity (Wildman–Crippen MR) is 180 cm³/mol. The Hall–Kier alpha value is -3.69. The van der Waals surface area contributed by atoms with Crippen molar-refractivity contribution in [3.05, 3.63) is 83.3 Å². The van der Waals surface area contributed by atoms with Crippen molar-refractivity contribution in [2.24, 2.45) is 0 Å². The fourth-order valence-corrected chi connectivity index (χ4v) is 11.4. The van der Waals surface area contributed by atoms with Crippen molar-refractivity contribution in [2.45, 2.75) is 104 Å². The molecule has 44 heavy (non-hydrogen) atoms. The molecule has 0 aliphatic rings. The number of nitrogens with one attached hydrogen (secondary N) is 1. The van der Waals surface area contributed by atoms with E-state index in [0.717, 1.165) is 22.3 Å². The predicted octanol–water partition coefficient (Wildman–Crippen LogP) is 8.84. The summed E-state index contributed by atoms with van der Waals surface area (Å²) in [6.07, 6.45) is 3.71. The van der Waals surface area contributed by atoms with Gasteiger partial charge in [-0.25, -0.2) is 14.8 Å². The summed E-state index contributed by atoms with van der Waals surface area (Å²) in [5.41, 5.74) is 4.65. The molecule has 8 nitrogen and oxygen atoms in total. The van der Waals surface area contributed by atoms with Crippen molar-refractivity contribution < 1.29 is 19.1 Å². The van der Waals surface area contributed by atoms with Crippen LogP contribution in [0.1, 0.15) is 90.7 Å². The Morgan fingerprint density at radius 3 is 2.14 bits per heavy atom. The Balaban J connectivity index is 1.63. The summed E-state index contributed by atoms with van der Waals surface area (Å²) in [4.78, 5) is 27.2. The van der Waals surface area contributed by atoms with E-state index >= 15 is 0 Å². The first-order valence-corrected chi connectivity index (χ1v) is 17.6. The summed E-state index contributed by atoms with van der Waals surface area (Å²) in [7, 11) is -2.18. The number of ether oxygens (including phenoxy) is 1. The monoisotopic (exact) mass is 616 g/mol. The molecular weight excluding hydrogens is 568 g/mol. The fourth-order valence-electron chi connectivity index (χ4n) is 6.17. The molecule has 0 saturated carbocycles. The number of aromatic amines is 1. The molecule has 3 aromatic heterocycles. The lowest BCUT2D eigenvalue weighted by Gasteiger charge is -2.42. The van der Waals surface area contributed by atoms with Crippen LogP contribution in [-0.2, 0) is 11.3 Å². The number of amides is 1. The molecule has 0 bridgehead atoms. The van der Waals surface area contributed by atoms with Crippen molar-refractivity contribution >= 4 is 31.3 Å². The van der Waals surface area contributed by atoms with Gasteiger partial charge >= 0.3 is 6.09 Å². The number of fused-ring (bicyclic) bond motifs is 1. The summed E-state index contributed by atoms with van der Waals surface area (Å²) in [6.45, 7) is 21.4. The second-order valence-corrected chi connectivity index (χ2v) is 19.0. The Morgan fingerprint density at radius 2 is 1.59 bits per heavy atom. The van der Waals surface area contributed by atoms with E-state index in [2.05, 4.69) is 56.5 Å². The van der Waals surface area contributed by atoms with E-state index in [1.165, 1.54) is 4.90 Å². The van der Waals surface area contributed by atoms with Gasteiger partial charge in [0.25, 0.3) is 8.32 Å². The van der Waals surface area contributed by atoms with E-state index in [1.807, 2.05) is 58.0 Å². The molecule has 9 heteroatoms. The molecule has 4 rings (SSSR count). The second-order valence-electron chi connectivity index (χ2n) is 13.6. The number of carbonyl (C=O) groups is 1. The number of aromatic nitrogens is 3. The minimum Gasteiger partial charge on any atom is -0.542 e. The highest BCUT2D eigenvalue weighted by atomic mass is 28.4. The van der Waals surface area contributed by atoms with E-state index in [-0.39, 0.29) is 0 Å². The highest BCUT2D eigenvalue weighted by Crippen LogP contribution is 2.43. The van der Waals surface area contributed by atoms with Crippen molar-refractivity contribution in [1.82, 2.24) is 15.0 Å². The Labute approximate surface area is 263 Å². The van der Waals surface area contributed by atoms with Crippen LogP contribution >= 0.6 is 0 Å². The number of H-pyrrole nitrogens is 1. The van der Waals surface area contributed by atoms with Crippen molar-refractivity contribution in [1.29, 1.82) is 0 Å². The van der Waals surface area contributed by atoms with E-state index in [1.54, 1.807) is 30.7 Å². The van der Waals surface area contributed by atoms with Crippen LogP contribution in [0.5, 0.6) is 5.75 Å². The van der Waals surface area contributed by atoms with Crippen LogP contribution in [0.4, 0.5) is 10.6 Å². The maximum atomic E-state index is 13.2. The number of rotatable bonds is 10. The molecule has 236 valence electrons. The van der Waals surface area contributed by atoms with Gasteiger partial charge in [0.1, 0.15) is 28.9 Å². The number of aliphatic hydroxyl groups excluding tert-OH is 1. The summed E-state index contributed by atoms with van der Waals surface area (Å²) in [5, 5.41) is 12.3. The number of nitrogens with zero attached hydrogens (tertiary/aromatic N) is 3. The average Bonchev–Trinajstić information content (AvgIpc) is 3.37. The lowest BCUT2D eigenvalue weighted by Crippen LogP contribution is -2.50. The third-order valence-electron chi connectivity index (χ3n) is 8.27. The van der Waals surface area contributed by atoms with Crippen LogP contribution < -0.4 is 9.33 Å². The molecule has 3 heterocycles. The topological polar surface area (TPSA) is 101 Å². The Morgan fingerprint density at radius 1 is 0.955 bits per heavy atom. The van der Waals surface area contributed by atoms with E-state index < -0.39 is 26.1 Å². The summed E-state index contributed by atoms with van der Waals surface area (Å²) >= 11 is 0. The molecule has 2 N–H and O–H groups in total. The van der Waals surface area contributed by atoms with Gasteiger partial charge in [-0.15, -0.1) is 0 Å². The summed E-state index contributed by atoms with van der Waals surface area (Å²) in [5.74, 6) is 1.16. The molecule has 4 aromatic rings. The Bertz CT molecular complexity index is 1530. The third kappa shape index (κ3) is 7.16. The maximum Gasteiger partial charge on any atom is 0.416 e. The van der Waals surface area contributed by atoms with Crippen LogP contribution in [0.3, 0.4) is 0 Å². The zero-order chi connectivity index (χ0) is 32.4. The van der Waals surface area contributed by atoms with Crippen LogP contribution in [-0.4, -0.2) is 40.1 Å². The zero-order valence-corrected chi connectivity index (χ0v) is 28.8. The van der Waals surface area contributed by atoms with Gasteiger partial charge in [0.15, 0.2) is 0 Å². The first-order valence-electron chi connectivity index (χ1n) is 15.5. The van der Waals surface area contributed by atoms with E-state index in [9.17, 15) is 9.90 Å². The molecule has 1 unspecified atom stereocenters. The number of aliphatic hydroxyl groups is 1. The van der Waals surface area contributed by atoms with Gasteiger partial charge in [-0.2, -0.15) is 0 Å². The molecule has 1 aromatic carbocycles. The normalized spacial score (nSPS) is 13.1. The Kier molecular flexibility index (Phi) is 9.90. The molecule has 0 fully saturated rings. The summed E-state index contributed by atoms with van der Waals surface area (Å²) < 4.78 is 12.6. The molecule has 0 saturated heterocycles. The second kappa shape index (κ2) is 13.1. The number of hydrogen-bond donors (Lipinski definition) is 2. The van der Waals surface area contributed by atoms with Gasteiger partial charge in [-0.1, -0.05) is 77.4 Å². The quantitative estimate of drug-likeness (QED) is 0.173. The number of benzene rings is 1. The van der Waals surface area contributed by atoms with E-state index in [0.29, 0.717) is 45.8 Å². The molecular formula is C35H48N4O4Si. The zero-order valence-electron chi connectivity index (χ0n) is 27.8. The molecule has 0 aliphatic carbocycles. The number of carbonyl (C=O) groups excluding carboxylic acids is 1. The standard InChI is InChI=1S/C35H48N4O4Si/c1-22(2)44(23(3)4,24(5)6)43-28-17-29-30(20-38-33(29)37-19-28)32(40)27-15-16-31(36-18-27)39(34(41)42-35(8,9)10)21-26-13-11-25(7)12-14-26/h11-20,22-24,32,40H,21H2,1-10H3,(H,37,38). The molecule has 0 spiro atoms. The number of hydrogen-bond acceptors (Lipinski definition) is 6. The van der Waals surface area contributed by atoms with Gasteiger partial charge in [0.05, 0.1) is 12.7 Å². The third-order valence-corrected chi connectivity index (χ3v) is 14.3. The average molecular weight is 617 g/mol. The molecule has 0 aliphatic heterocycles. The lowest BCUT2D eigenvalue weighted by atomic mass is 10.0. The maximum absolute atomic E-state index is 13.2. The first-order chi connectivity index (χ1) is 20.6.